The molecule has 1 fully saturated rings. The molecular formula is C15H20ClFN2O3. The minimum atomic E-state index is -0.586. The van der Waals surface area contributed by atoms with Crippen molar-refractivity contribution < 1.29 is 19.0 Å². The summed E-state index contributed by atoms with van der Waals surface area (Å²) >= 11 is 5.94. The first-order valence-corrected chi connectivity index (χ1v) is 7.65. The predicted molar refractivity (Wildman–Crippen MR) is 81.7 cm³/mol. The van der Waals surface area contributed by atoms with Crippen LogP contribution in [0.2, 0.25) is 5.02 Å². The Kier molecular flexibility index (Phi) is 6.57. The fraction of sp³-hybridized carbons (Fsp3) is 0.533. The Balaban J connectivity index is 1.85. The molecule has 0 saturated carbocycles. The highest BCUT2D eigenvalue weighted by Crippen LogP contribution is 2.21. The van der Waals surface area contributed by atoms with Gasteiger partial charge in [0.25, 0.3) is 5.91 Å². The molecule has 0 aromatic heterocycles. The van der Waals surface area contributed by atoms with Gasteiger partial charge in [-0.3, -0.25) is 9.69 Å². The van der Waals surface area contributed by atoms with E-state index in [4.69, 9.17) is 21.4 Å². The van der Waals surface area contributed by atoms with E-state index in [1.165, 1.54) is 18.2 Å². The highest BCUT2D eigenvalue weighted by molar-refractivity contribution is 6.33. The second-order valence-electron chi connectivity index (χ2n) is 5.07. The van der Waals surface area contributed by atoms with Gasteiger partial charge in [0.2, 0.25) is 0 Å². The predicted octanol–water partition coefficient (Wildman–Crippen LogP) is 1.25. The molecule has 0 spiro atoms. The summed E-state index contributed by atoms with van der Waals surface area (Å²) in [5.41, 5.74) is -0.0519. The Labute approximate surface area is 134 Å². The molecule has 0 radical (unpaired) electrons. The van der Waals surface area contributed by atoms with Crippen LogP contribution in [0.3, 0.4) is 0 Å². The molecule has 0 atom stereocenters. The van der Waals surface area contributed by atoms with E-state index >= 15 is 0 Å². The standard InChI is InChI=1S/C15H20ClFN2O3/c16-12-2-1-3-13(17)14(12)15(21)19-6-4-18(5-7-19)8-10-22-11-9-20/h1-3,20H,4-11H2. The molecule has 1 N–H and O–H groups in total. The van der Waals surface area contributed by atoms with Crippen LogP contribution in [-0.4, -0.2) is 73.4 Å². The summed E-state index contributed by atoms with van der Waals surface area (Å²) in [7, 11) is 0. The summed E-state index contributed by atoms with van der Waals surface area (Å²) in [5.74, 6) is -0.948. The zero-order valence-corrected chi connectivity index (χ0v) is 13.1. The van der Waals surface area contributed by atoms with Gasteiger partial charge >= 0.3 is 0 Å². The van der Waals surface area contributed by atoms with Crippen LogP contribution in [0.4, 0.5) is 4.39 Å². The lowest BCUT2D eigenvalue weighted by molar-refractivity contribution is 0.0484. The monoisotopic (exact) mass is 330 g/mol. The van der Waals surface area contributed by atoms with Gasteiger partial charge in [0.1, 0.15) is 5.82 Å². The van der Waals surface area contributed by atoms with Crippen molar-refractivity contribution in [2.24, 2.45) is 0 Å². The minimum absolute atomic E-state index is 0.0195. The molecule has 1 aliphatic heterocycles. The number of ether oxygens (including phenoxy) is 1. The van der Waals surface area contributed by atoms with Crippen LogP contribution in [0.1, 0.15) is 10.4 Å². The summed E-state index contributed by atoms with van der Waals surface area (Å²) in [4.78, 5) is 16.2. The van der Waals surface area contributed by atoms with Gasteiger partial charge in [-0.15, -0.1) is 0 Å². The van der Waals surface area contributed by atoms with Crippen molar-refractivity contribution in [3.63, 3.8) is 0 Å². The third-order valence-corrected chi connectivity index (χ3v) is 3.94. The molecule has 7 heteroatoms. The van der Waals surface area contributed by atoms with Crippen LogP contribution in [0.5, 0.6) is 0 Å². The Morgan fingerprint density at radius 2 is 2.00 bits per heavy atom. The fourth-order valence-electron chi connectivity index (χ4n) is 2.40. The van der Waals surface area contributed by atoms with Crippen molar-refractivity contribution in [1.82, 2.24) is 9.80 Å². The molecule has 22 heavy (non-hydrogen) atoms. The van der Waals surface area contributed by atoms with Gasteiger partial charge in [-0.1, -0.05) is 17.7 Å². The number of aliphatic hydroxyl groups is 1. The van der Waals surface area contributed by atoms with E-state index in [1.807, 2.05) is 0 Å². The molecule has 2 rings (SSSR count). The molecule has 0 aliphatic carbocycles. The maximum absolute atomic E-state index is 13.8. The van der Waals surface area contributed by atoms with Crippen LogP contribution in [0.15, 0.2) is 18.2 Å². The number of carbonyl (C=O) groups excluding carboxylic acids is 1. The van der Waals surface area contributed by atoms with Crippen LogP contribution in [-0.2, 0) is 4.74 Å². The highest BCUT2D eigenvalue weighted by Gasteiger charge is 2.25. The van der Waals surface area contributed by atoms with Crippen LogP contribution in [0.25, 0.3) is 0 Å². The Bertz CT molecular complexity index is 487. The molecule has 1 amide bonds. The normalized spacial score (nSPS) is 16.0. The number of rotatable bonds is 6. The smallest absolute Gasteiger partial charge is 0.258 e. The molecule has 1 aromatic rings. The summed E-state index contributed by atoms with van der Waals surface area (Å²) in [6.07, 6.45) is 0. The molecule has 0 bridgehead atoms. The summed E-state index contributed by atoms with van der Waals surface area (Å²) in [5, 5.41) is 8.77. The first-order chi connectivity index (χ1) is 10.6. The van der Waals surface area contributed by atoms with Gasteiger partial charge in [-0.25, -0.2) is 4.39 Å². The van der Waals surface area contributed by atoms with E-state index in [0.717, 1.165) is 6.54 Å². The molecule has 0 unspecified atom stereocenters. The van der Waals surface area contributed by atoms with Crippen molar-refractivity contribution in [2.75, 3.05) is 52.5 Å². The zero-order chi connectivity index (χ0) is 15.9. The van der Waals surface area contributed by atoms with Crippen molar-refractivity contribution in [3.8, 4) is 0 Å². The summed E-state index contributed by atoms with van der Waals surface area (Å²) < 4.78 is 19.0. The lowest BCUT2D eigenvalue weighted by Gasteiger charge is -2.34. The fourth-order valence-corrected chi connectivity index (χ4v) is 2.64. The quantitative estimate of drug-likeness (QED) is 0.798. The van der Waals surface area contributed by atoms with Crippen molar-refractivity contribution in [1.29, 1.82) is 0 Å². The van der Waals surface area contributed by atoms with Gasteiger partial charge in [0.05, 0.1) is 30.4 Å². The molecule has 1 heterocycles. The average molecular weight is 331 g/mol. The largest absolute Gasteiger partial charge is 0.394 e. The van der Waals surface area contributed by atoms with E-state index in [2.05, 4.69) is 4.90 Å². The SMILES string of the molecule is O=C(c1c(F)cccc1Cl)N1CCN(CCOCCO)CC1. The average Bonchev–Trinajstić information content (AvgIpc) is 2.52. The maximum atomic E-state index is 13.8. The Morgan fingerprint density at radius 1 is 1.27 bits per heavy atom. The number of halogens is 2. The van der Waals surface area contributed by atoms with E-state index in [-0.39, 0.29) is 23.1 Å². The van der Waals surface area contributed by atoms with Gasteiger partial charge in [0, 0.05) is 32.7 Å². The number of piperazine rings is 1. The number of hydrogen-bond donors (Lipinski definition) is 1. The second kappa shape index (κ2) is 8.43. The first-order valence-electron chi connectivity index (χ1n) is 7.27. The number of hydrogen-bond acceptors (Lipinski definition) is 4. The van der Waals surface area contributed by atoms with Gasteiger partial charge in [0.15, 0.2) is 0 Å². The molecule has 5 nitrogen and oxygen atoms in total. The Hall–Kier alpha value is -1.21. The van der Waals surface area contributed by atoms with E-state index in [0.29, 0.717) is 39.4 Å². The molecule has 122 valence electrons. The maximum Gasteiger partial charge on any atom is 0.258 e. The molecule has 1 saturated heterocycles. The van der Waals surface area contributed by atoms with Crippen molar-refractivity contribution in [2.45, 2.75) is 0 Å². The van der Waals surface area contributed by atoms with Crippen LogP contribution < -0.4 is 0 Å². The highest BCUT2D eigenvalue weighted by atomic mass is 35.5. The van der Waals surface area contributed by atoms with E-state index in [9.17, 15) is 9.18 Å². The number of carbonyl (C=O) groups is 1. The molecule has 1 aromatic carbocycles. The summed E-state index contributed by atoms with van der Waals surface area (Å²) in [6.45, 7) is 4.14. The van der Waals surface area contributed by atoms with Gasteiger partial charge in [-0.05, 0) is 12.1 Å². The minimum Gasteiger partial charge on any atom is -0.394 e. The van der Waals surface area contributed by atoms with Gasteiger partial charge in [-0.2, -0.15) is 0 Å². The molecular weight excluding hydrogens is 311 g/mol. The van der Waals surface area contributed by atoms with Crippen LogP contribution >= 0.6 is 11.6 Å². The summed E-state index contributed by atoms with van der Waals surface area (Å²) in [6, 6.07) is 4.25. The topological polar surface area (TPSA) is 53.0 Å². The van der Waals surface area contributed by atoms with E-state index < -0.39 is 5.82 Å². The van der Waals surface area contributed by atoms with Crippen LogP contribution in [0, 0.1) is 5.82 Å². The number of aliphatic hydroxyl groups excluding tert-OH is 1. The van der Waals surface area contributed by atoms with Crippen molar-refractivity contribution in [3.05, 3.63) is 34.6 Å². The zero-order valence-electron chi connectivity index (χ0n) is 12.3. The number of benzene rings is 1. The number of nitrogens with zero attached hydrogens (tertiary/aromatic N) is 2. The third-order valence-electron chi connectivity index (χ3n) is 3.62. The van der Waals surface area contributed by atoms with E-state index in [1.54, 1.807) is 4.90 Å². The first kappa shape index (κ1) is 17.1. The lowest BCUT2D eigenvalue weighted by atomic mass is 10.1. The Morgan fingerprint density at radius 3 is 2.64 bits per heavy atom. The third kappa shape index (κ3) is 4.39. The second-order valence-corrected chi connectivity index (χ2v) is 5.47. The van der Waals surface area contributed by atoms with Gasteiger partial charge < -0.3 is 14.7 Å². The lowest BCUT2D eigenvalue weighted by Crippen LogP contribution is -2.49. The van der Waals surface area contributed by atoms with Crippen molar-refractivity contribution >= 4 is 17.5 Å². The molecule has 1 aliphatic rings. The number of amides is 1.